The van der Waals surface area contributed by atoms with Gasteiger partial charge in [-0.3, -0.25) is 9.88 Å². The predicted octanol–water partition coefficient (Wildman–Crippen LogP) is 2.41. The van der Waals surface area contributed by atoms with Crippen LogP contribution in [0.3, 0.4) is 0 Å². The Balaban J connectivity index is 1.62. The molecule has 2 aromatic rings. The lowest BCUT2D eigenvalue weighted by Gasteiger charge is -2.25. The van der Waals surface area contributed by atoms with Crippen LogP contribution in [-0.2, 0) is 17.7 Å². The van der Waals surface area contributed by atoms with Crippen molar-refractivity contribution in [2.45, 2.75) is 31.9 Å². The average Bonchev–Trinajstić information content (AvgIpc) is 3.20. The van der Waals surface area contributed by atoms with Crippen LogP contribution in [0.15, 0.2) is 36.7 Å². The van der Waals surface area contributed by atoms with Crippen molar-refractivity contribution in [3.63, 3.8) is 0 Å². The number of carboxylic acid groups (broad SMARTS) is 1. The first-order valence-corrected chi connectivity index (χ1v) is 9.15. The highest BCUT2D eigenvalue weighted by molar-refractivity contribution is 5.84. The molecule has 1 saturated heterocycles. The number of carboxylic acids is 1. The number of ether oxygens (including phenoxy) is 2. The zero-order valence-electron chi connectivity index (χ0n) is 15.5. The average molecular weight is 371 g/mol. The van der Waals surface area contributed by atoms with Crippen molar-refractivity contribution in [3.05, 3.63) is 53.6 Å². The molecule has 144 valence electrons. The van der Waals surface area contributed by atoms with Crippen LogP contribution in [0.5, 0.6) is 5.75 Å². The maximum absolute atomic E-state index is 10.9. The van der Waals surface area contributed by atoms with Crippen molar-refractivity contribution < 1.29 is 19.4 Å². The van der Waals surface area contributed by atoms with Gasteiger partial charge in [-0.2, -0.15) is 0 Å². The van der Waals surface area contributed by atoms with Crippen molar-refractivity contribution >= 4 is 5.97 Å². The zero-order chi connectivity index (χ0) is 19.1. The van der Waals surface area contributed by atoms with Crippen molar-refractivity contribution in [1.29, 1.82) is 0 Å². The molecule has 7 heteroatoms. The van der Waals surface area contributed by atoms with E-state index in [0.717, 1.165) is 50.4 Å². The van der Waals surface area contributed by atoms with Gasteiger partial charge in [0.25, 0.3) is 0 Å². The molecule has 1 aliphatic rings. The molecular formula is C20H25N3O4. The van der Waals surface area contributed by atoms with Crippen LogP contribution in [0.25, 0.3) is 0 Å². The summed E-state index contributed by atoms with van der Waals surface area (Å²) in [6, 6.07) is 8.08. The highest BCUT2D eigenvalue weighted by atomic mass is 16.5. The lowest BCUT2D eigenvalue weighted by atomic mass is 10.1. The molecule has 3 rings (SSSR count). The van der Waals surface area contributed by atoms with E-state index in [0.29, 0.717) is 6.54 Å². The number of aromatic carboxylic acids is 1. The molecule has 1 aromatic heterocycles. The van der Waals surface area contributed by atoms with Gasteiger partial charge in [0.1, 0.15) is 5.75 Å². The summed E-state index contributed by atoms with van der Waals surface area (Å²) in [6.07, 6.45) is 6.17. The third-order valence-corrected chi connectivity index (χ3v) is 4.67. The summed E-state index contributed by atoms with van der Waals surface area (Å²) in [4.78, 5) is 21.4. The molecule has 0 saturated carbocycles. The molecular weight excluding hydrogens is 346 g/mol. The molecule has 1 unspecified atom stereocenters. The Morgan fingerprint density at radius 3 is 2.70 bits per heavy atom. The molecule has 1 aliphatic heterocycles. The summed E-state index contributed by atoms with van der Waals surface area (Å²) >= 11 is 0. The molecule has 1 fully saturated rings. The predicted molar refractivity (Wildman–Crippen MR) is 99.9 cm³/mol. The summed E-state index contributed by atoms with van der Waals surface area (Å²) in [5.41, 5.74) is 1.95. The molecule has 0 radical (unpaired) electrons. The topological polar surface area (TPSA) is 84.8 Å². The highest BCUT2D eigenvalue weighted by Gasteiger charge is 2.20. The maximum Gasteiger partial charge on any atom is 0.356 e. The van der Waals surface area contributed by atoms with E-state index in [4.69, 9.17) is 14.6 Å². The SMILES string of the molecule is COc1ccc(CCN(Cc2cnc(C(=O)O)cn2)CC2CCCO2)cc1. The van der Waals surface area contributed by atoms with E-state index >= 15 is 0 Å². The van der Waals surface area contributed by atoms with Crippen LogP contribution in [0.2, 0.25) is 0 Å². The van der Waals surface area contributed by atoms with Crippen molar-refractivity contribution in [2.24, 2.45) is 0 Å². The Hall–Kier alpha value is -2.51. The van der Waals surface area contributed by atoms with Gasteiger partial charge >= 0.3 is 5.97 Å². The van der Waals surface area contributed by atoms with E-state index in [9.17, 15) is 4.79 Å². The summed E-state index contributed by atoms with van der Waals surface area (Å²) in [7, 11) is 1.66. The Morgan fingerprint density at radius 2 is 2.11 bits per heavy atom. The van der Waals surface area contributed by atoms with Gasteiger partial charge in [-0.1, -0.05) is 12.1 Å². The third-order valence-electron chi connectivity index (χ3n) is 4.67. The molecule has 1 atom stereocenters. The first kappa shape index (κ1) is 19.3. The van der Waals surface area contributed by atoms with E-state index in [1.54, 1.807) is 13.3 Å². The van der Waals surface area contributed by atoms with Gasteiger partial charge in [-0.15, -0.1) is 0 Å². The number of benzene rings is 1. The minimum absolute atomic E-state index is 0.0392. The first-order valence-electron chi connectivity index (χ1n) is 9.15. The van der Waals surface area contributed by atoms with E-state index < -0.39 is 5.97 Å². The number of hydrogen-bond acceptors (Lipinski definition) is 6. The van der Waals surface area contributed by atoms with E-state index in [-0.39, 0.29) is 11.8 Å². The second-order valence-electron chi connectivity index (χ2n) is 6.67. The summed E-state index contributed by atoms with van der Waals surface area (Å²) in [5.74, 6) is -0.214. The molecule has 1 N–H and O–H groups in total. The summed E-state index contributed by atoms with van der Waals surface area (Å²) < 4.78 is 11.0. The molecule has 2 heterocycles. The van der Waals surface area contributed by atoms with Crippen molar-refractivity contribution in [3.8, 4) is 5.75 Å². The van der Waals surface area contributed by atoms with Gasteiger partial charge in [0.05, 0.1) is 31.3 Å². The van der Waals surface area contributed by atoms with Gasteiger partial charge in [-0.25, -0.2) is 9.78 Å². The second-order valence-corrected chi connectivity index (χ2v) is 6.67. The number of carbonyl (C=O) groups is 1. The van der Waals surface area contributed by atoms with Gasteiger partial charge in [-0.05, 0) is 37.0 Å². The van der Waals surface area contributed by atoms with Gasteiger partial charge in [0.2, 0.25) is 0 Å². The van der Waals surface area contributed by atoms with Gasteiger partial charge in [0.15, 0.2) is 5.69 Å². The fourth-order valence-corrected chi connectivity index (χ4v) is 3.17. The minimum atomic E-state index is -1.07. The van der Waals surface area contributed by atoms with Gasteiger partial charge < -0.3 is 14.6 Å². The van der Waals surface area contributed by atoms with Crippen LogP contribution >= 0.6 is 0 Å². The maximum atomic E-state index is 10.9. The second kappa shape index (κ2) is 9.43. The van der Waals surface area contributed by atoms with E-state index in [1.807, 2.05) is 12.1 Å². The molecule has 0 bridgehead atoms. The number of rotatable bonds is 9. The quantitative estimate of drug-likeness (QED) is 0.724. The monoisotopic (exact) mass is 371 g/mol. The third kappa shape index (κ3) is 5.74. The fraction of sp³-hybridized carbons (Fsp3) is 0.450. The molecule has 7 nitrogen and oxygen atoms in total. The largest absolute Gasteiger partial charge is 0.497 e. The van der Waals surface area contributed by atoms with Crippen LogP contribution in [0.1, 0.15) is 34.6 Å². The zero-order valence-corrected chi connectivity index (χ0v) is 15.5. The molecule has 1 aromatic carbocycles. The Kier molecular flexibility index (Phi) is 6.73. The number of hydrogen-bond donors (Lipinski definition) is 1. The number of nitrogens with zero attached hydrogens (tertiary/aromatic N) is 3. The molecule has 0 aliphatic carbocycles. The van der Waals surface area contributed by atoms with E-state index in [1.165, 1.54) is 11.8 Å². The highest BCUT2D eigenvalue weighted by Crippen LogP contribution is 2.16. The van der Waals surface area contributed by atoms with Crippen LogP contribution in [0.4, 0.5) is 0 Å². The minimum Gasteiger partial charge on any atom is -0.497 e. The van der Waals surface area contributed by atoms with E-state index in [2.05, 4.69) is 27.0 Å². The summed E-state index contributed by atoms with van der Waals surface area (Å²) in [5, 5.41) is 8.96. The number of aromatic nitrogens is 2. The lowest BCUT2D eigenvalue weighted by Crippen LogP contribution is -2.33. The Morgan fingerprint density at radius 1 is 1.30 bits per heavy atom. The lowest BCUT2D eigenvalue weighted by molar-refractivity contribution is 0.0689. The van der Waals surface area contributed by atoms with Crippen molar-refractivity contribution in [1.82, 2.24) is 14.9 Å². The Bertz CT molecular complexity index is 728. The van der Waals surface area contributed by atoms with Crippen LogP contribution in [0, 0.1) is 0 Å². The molecule has 0 amide bonds. The number of methoxy groups -OCH3 is 1. The first-order chi connectivity index (χ1) is 13.1. The van der Waals surface area contributed by atoms with Crippen LogP contribution < -0.4 is 4.74 Å². The molecule has 27 heavy (non-hydrogen) atoms. The standard InChI is InChI=1S/C20H25N3O4/c1-26-17-6-4-15(5-7-17)8-9-23(14-18-3-2-10-27-18)13-16-11-22-19(12-21-16)20(24)25/h4-7,11-12,18H,2-3,8-10,13-14H2,1H3,(H,24,25). The Labute approximate surface area is 159 Å². The fourth-order valence-electron chi connectivity index (χ4n) is 3.17. The molecule has 0 spiro atoms. The van der Waals surface area contributed by atoms with Gasteiger partial charge in [0, 0.05) is 26.2 Å². The smallest absolute Gasteiger partial charge is 0.356 e. The van der Waals surface area contributed by atoms with Crippen molar-refractivity contribution in [2.75, 3.05) is 26.8 Å². The summed E-state index contributed by atoms with van der Waals surface area (Å²) in [6.45, 7) is 3.13. The van der Waals surface area contributed by atoms with Crippen LogP contribution in [-0.4, -0.2) is 58.9 Å². The normalized spacial score (nSPS) is 16.6.